The highest BCUT2D eigenvalue weighted by molar-refractivity contribution is 9.10. The summed E-state index contributed by atoms with van der Waals surface area (Å²) in [4.78, 5) is 21.9. The first kappa shape index (κ1) is 13.8. The van der Waals surface area contributed by atoms with E-state index >= 15 is 0 Å². The summed E-state index contributed by atoms with van der Waals surface area (Å²) in [7, 11) is 0. The van der Waals surface area contributed by atoms with Gasteiger partial charge in [-0.05, 0) is 39.7 Å². The van der Waals surface area contributed by atoms with Crippen LogP contribution in [-0.2, 0) is 6.54 Å². The topological polar surface area (TPSA) is 65.1 Å². The second kappa shape index (κ2) is 5.54. The van der Waals surface area contributed by atoms with Crippen molar-refractivity contribution in [2.75, 3.05) is 0 Å². The van der Waals surface area contributed by atoms with Gasteiger partial charge in [-0.1, -0.05) is 11.6 Å². The van der Waals surface area contributed by atoms with Gasteiger partial charge in [0.15, 0.2) is 0 Å². The van der Waals surface area contributed by atoms with Crippen molar-refractivity contribution in [3.63, 3.8) is 0 Å². The molecule has 0 fully saturated rings. The molecule has 0 unspecified atom stereocenters. The lowest BCUT2D eigenvalue weighted by Crippen LogP contribution is -2.20. The average molecular weight is 344 g/mol. The molecule has 0 bridgehead atoms. The van der Waals surface area contributed by atoms with Crippen molar-refractivity contribution in [1.82, 2.24) is 4.57 Å². The van der Waals surface area contributed by atoms with E-state index in [1.165, 1.54) is 16.7 Å². The van der Waals surface area contributed by atoms with Crippen LogP contribution < -0.4 is 5.56 Å². The molecular weight excluding hydrogens is 336 g/mol. The molecule has 0 N–H and O–H groups in total. The average Bonchev–Trinajstić information content (AvgIpc) is 2.37. The van der Waals surface area contributed by atoms with Crippen LogP contribution >= 0.6 is 27.5 Å². The standard InChI is InChI=1S/C12H8BrClN2O3/c13-10-2-1-5-15(12(10)17)7-8-3-4-9(16(18)19)6-11(8)14/h1-6H,7H2. The van der Waals surface area contributed by atoms with Crippen molar-refractivity contribution in [2.45, 2.75) is 6.54 Å². The van der Waals surface area contributed by atoms with Gasteiger partial charge in [0.05, 0.1) is 21.0 Å². The lowest BCUT2D eigenvalue weighted by molar-refractivity contribution is -0.384. The van der Waals surface area contributed by atoms with E-state index in [1.807, 2.05) is 0 Å². The second-order valence-corrected chi connectivity index (χ2v) is 5.08. The van der Waals surface area contributed by atoms with E-state index < -0.39 is 4.92 Å². The van der Waals surface area contributed by atoms with Crippen LogP contribution in [0.3, 0.4) is 0 Å². The molecule has 19 heavy (non-hydrogen) atoms. The zero-order valence-corrected chi connectivity index (χ0v) is 11.9. The van der Waals surface area contributed by atoms with Gasteiger partial charge in [-0.25, -0.2) is 0 Å². The first-order valence-corrected chi connectivity index (χ1v) is 6.44. The van der Waals surface area contributed by atoms with Crippen LogP contribution in [0.15, 0.2) is 45.8 Å². The van der Waals surface area contributed by atoms with Gasteiger partial charge in [-0.3, -0.25) is 14.9 Å². The summed E-state index contributed by atoms with van der Waals surface area (Å²) >= 11 is 9.14. The summed E-state index contributed by atoms with van der Waals surface area (Å²) in [5.41, 5.74) is 0.389. The lowest BCUT2D eigenvalue weighted by atomic mass is 10.2. The number of hydrogen-bond donors (Lipinski definition) is 0. The molecule has 0 saturated heterocycles. The highest BCUT2D eigenvalue weighted by atomic mass is 79.9. The van der Waals surface area contributed by atoms with E-state index in [0.717, 1.165) is 0 Å². The van der Waals surface area contributed by atoms with E-state index in [1.54, 1.807) is 24.4 Å². The molecule has 0 aliphatic carbocycles. The normalized spacial score (nSPS) is 10.4. The Bertz CT molecular complexity index is 700. The van der Waals surface area contributed by atoms with Crippen LogP contribution in [0.2, 0.25) is 5.02 Å². The van der Waals surface area contributed by atoms with Crippen molar-refractivity contribution in [3.05, 3.63) is 72.1 Å². The molecule has 5 nitrogen and oxygen atoms in total. The Morgan fingerprint density at radius 2 is 2.11 bits per heavy atom. The molecule has 2 rings (SSSR count). The number of nitro benzene ring substituents is 1. The molecule has 7 heteroatoms. The predicted octanol–water partition coefficient (Wildman–Crippen LogP) is 3.22. The molecule has 1 heterocycles. The van der Waals surface area contributed by atoms with E-state index in [9.17, 15) is 14.9 Å². The molecule has 0 aliphatic rings. The summed E-state index contributed by atoms with van der Waals surface area (Å²) in [6.45, 7) is 0.259. The van der Waals surface area contributed by atoms with Gasteiger partial charge in [0.1, 0.15) is 0 Å². The number of aromatic nitrogens is 1. The fourth-order valence-corrected chi connectivity index (χ4v) is 2.21. The molecule has 2 aromatic rings. The van der Waals surface area contributed by atoms with E-state index in [-0.39, 0.29) is 22.8 Å². The Balaban J connectivity index is 2.36. The third-order valence-corrected chi connectivity index (χ3v) is 3.52. The third kappa shape index (κ3) is 3.02. The summed E-state index contributed by atoms with van der Waals surface area (Å²) in [6, 6.07) is 7.57. The summed E-state index contributed by atoms with van der Waals surface area (Å²) < 4.78 is 1.92. The number of non-ortho nitro benzene ring substituents is 1. The molecule has 1 aromatic carbocycles. The fraction of sp³-hybridized carbons (Fsp3) is 0.0833. The lowest BCUT2D eigenvalue weighted by Gasteiger charge is -2.07. The van der Waals surface area contributed by atoms with E-state index in [0.29, 0.717) is 10.0 Å². The van der Waals surface area contributed by atoms with Crippen molar-refractivity contribution in [2.24, 2.45) is 0 Å². The minimum absolute atomic E-state index is 0.0738. The van der Waals surface area contributed by atoms with Crippen molar-refractivity contribution < 1.29 is 4.92 Å². The van der Waals surface area contributed by atoms with Gasteiger partial charge in [-0.2, -0.15) is 0 Å². The number of pyridine rings is 1. The van der Waals surface area contributed by atoms with Gasteiger partial charge < -0.3 is 4.57 Å². The van der Waals surface area contributed by atoms with Gasteiger partial charge in [0, 0.05) is 18.3 Å². The second-order valence-electron chi connectivity index (χ2n) is 3.82. The molecule has 0 saturated carbocycles. The number of hydrogen-bond acceptors (Lipinski definition) is 3. The summed E-state index contributed by atoms with van der Waals surface area (Å²) in [5, 5.41) is 10.9. The molecule has 0 radical (unpaired) electrons. The molecular formula is C12H8BrClN2O3. The Labute approximate surface area is 121 Å². The number of rotatable bonds is 3. The van der Waals surface area contributed by atoms with Crippen molar-refractivity contribution in [1.29, 1.82) is 0 Å². The zero-order chi connectivity index (χ0) is 14.0. The van der Waals surface area contributed by atoms with Crippen molar-refractivity contribution >= 4 is 33.2 Å². The molecule has 0 spiro atoms. The van der Waals surface area contributed by atoms with Gasteiger partial charge in [0.25, 0.3) is 11.2 Å². The number of benzene rings is 1. The largest absolute Gasteiger partial charge is 0.310 e. The molecule has 98 valence electrons. The molecule has 0 aliphatic heterocycles. The molecule has 0 atom stereocenters. The van der Waals surface area contributed by atoms with Gasteiger partial charge >= 0.3 is 0 Å². The Morgan fingerprint density at radius 1 is 1.37 bits per heavy atom. The molecule has 0 amide bonds. The molecule has 1 aromatic heterocycles. The Morgan fingerprint density at radius 3 is 2.74 bits per heavy atom. The van der Waals surface area contributed by atoms with Crippen LogP contribution in [0.25, 0.3) is 0 Å². The quantitative estimate of drug-likeness (QED) is 0.635. The first-order chi connectivity index (χ1) is 8.99. The highest BCUT2D eigenvalue weighted by Gasteiger charge is 2.10. The SMILES string of the molecule is O=c1c(Br)cccn1Cc1ccc([N+](=O)[O-])cc1Cl. The number of nitro groups is 1. The highest BCUT2D eigenvalue weighted by Crippen LogP contribution is 2.23. The smallest absolute Gasteiger partial charge is 0.270 e. The first-order valence-electron chi connectivity index (χ1n) is 5.27. The fourth-order valence-electron chi connectivity index (χ4n) is 1.59. The Hall–Kier alpha value is -1.66. The van der Waals surface area contributed by atoms with Crippen LogP contribution in [0.1, 0.15) is 5.56 Å². The predicted molar refractivity (Wildman–Crippen MR) is 75.6 cm³/mol. The van der Waals surface area contributed by atoms with Crippen LogP contribution in [0.4, 0.5) is 5.69 Å². The minimum atomic E-state index is -0.513. The number of nitrogens with zero attached hydrogens (tertiary/aromatic N) is 2. The maximum atomic E-state index is 11.8. The monoisotopic (exact) mass is 342 g/mol. The van der Waals surface area contributed by atoms with E-state index in [4.69, 9.17) is 11.6 Å². The maximum absolute atomic E-state index is 11.8. The van der Waals surface area contributed by atoms with Crippen LogP contribution in [0.5, 0.6) is 0 Å². The minimum Gasteiger partial charge on any atom is -0.310 e. The summed E-state index contributed by atoms with van der Waals surface area (Å²) in [6.07, 6.45) is 1.63. The zero-order valence-electron chi connectivity index (χ0n) is 9.55. The van der Waals surface area contributed by atoms with Gasteiger partial charge in [-0.15, -0.1) is 0 Å². The van der Waals surface area contributed by atoms with Crippen LogP contribution in [-0.4, -0.2) is 9.49 Å². The Kier molecular flexibility index (Phi) is 4.01. The van der Waals surface area contributed by atoms with E-state index in [2.05, 4.69) is 15.9 Å². The van der Waals surface area contributed by atoms with Crippen molar-refractivity contribution in [3.8, 4) is 0 Å². The summed E-state index contributed by atoms with van der Waals surface area (Å²) in [5.74, 6) is 0. The number of halogens is 2. The van der Waals surface area contributed by atoms with Gasteiger partial charge in [0.2, 0.25) is 0 Å². The van der Waals surface area contributed by atoms with Crippen LogP contribution in [0, 0.1) is 10.1 Å². The maximum Gasteiger partial charge on any atom is 0.270 e. The third-order valence-electron chi connectivity index (χ3n) is 2.56.